The van der Waals surface area contributed by atoms with Crippen LogP contribution in [-0.4, -0.2) is 61.5 Å². The molecule has 31 heavy (non-hydrogen) atoms. The average molecular weight is 426 g/mol. The molecule has 0 unspecified atom stereocenters. The fraction of sp³-hybridized carbons (Fsp3) is 0.417. The lowest BCUT2D eigenvalue weighted by Crippen LogP contribution is -2.49. The molecule has 7 heteroatoms. The average Bonchev–Trinajstić information content (AvgIpc) is 3.14. The van der Waals surface area contributed by atoms with Crippen molar-refractivity contribution in [2.75, 3.05) is 39.8 Å². The minimum Gasteiger partial charge on any atom is -0.496 e. The van der Waals surface area contributed by atoms with Gasteiger partial charge < -0.3 is 14.4 Å². The predicted octanol–water partition coefficient (Wildman–Crippen LogP) is 2.74. The predicted molar refractivity (Wildman–Crippen MR) is 114 cm³/mol. The maximum absolute atomic E-state index is 14.3. The molecule has 1 amide bonds. The monoisotopic (exact) mass is 426 g/mol. The number of fused-ring (bicyclic) bond motifs is 1. The number of amides is 1. The second-order valence-electron chi connectivity index (χ2n) is 8.13. The Labute approximate surface area is 181 Å². The lowest BCUT2D eigenvalue weighted by Gasteiger charge is -2.35. The van der Waals surface area contributed by atoms with E-state index in [4.69, 9.17) is 9.47 Å². The number of hydrogen-bond acceptors (Lipinski definition) is 5. The molecule has 6 nitrogen and oxygen atoms in total. The highest BCUT2D eigenvalue weighted by Crippen LogP contribution is 2.23. The normalized spacial score (nSPS) is 16.2. The summed E-state index contributed by atoms with van der Waals surface area (Å²) in [7, 11) is 1.54. The summed E-state index contributed by atoms with van der Waals surface area (Å²) in [5, 5.41) is 0. The smallest absolute Gasteiger partial charge is 0.338 e. The Bertz CT molecular complexity index is 999. The summed E-state index contributed by atoms with van der Waals surface area (Å²) >= 11 is 0. The molecule has 0 aromatic heterocycles. The van der Waals surface area contributed by atoms with Crippen LogP contribution in [0.15, 0.2) is 30.3 Å². The van der Waals surface area contributed by atoms with E-state index in [0.717, 1.165) is 31.6 Å². The summed E-state index contributed by atoms with van der Waals surface area (Å²) in [6.07, 6.45) is 0.919. The Balaban J connectivity index is 1.27. The SMILES string of the molecule is COc1cc(CC(=O)N2CCN(CCc3ccc4c(c3)COC4=O)CC2)c(F)cc1C. The van der Waals surface area contributed by atoms with Crippen LogP contribution in [0.3, 0.4) is 0 Å². The highest BCUT2D eigenvalue weighted by Gasteiger charge is 2.23. The molecule has 2 aliphatic rings. The Hall–Kier alpha value is -2.93. The van der Waals surface area contributed by atoms with Gasteiger partial charge in [0.25, 0.3) is 0 Å². The van der Waals surface area contributed by atoms with Crippen molar-refractivity contribution in [3.63, 3.8) is 0 Å². The molecule has 0 bridgehead atoms. The van der Waals surface area contributed by atoms with E-state index in [-0.39, 0.29) is 24.1 Å². The molecule has 0 radical (unpaired) electrons. The van der Waals surface area contributed by atoms with Gasteiger partial charge in [0, 0.05) is 43.9 Å². The summed E-state index contributed by atoms with van der Waals surface area (Å²) in [5.41, 5.74) is 3.89. The van der Waals surface area contributed by atoms with Crippen molar-refractivity contribution in [1.82, 2.24) is 9.80 Å². The third-order valence-electron chi connectivity index (χ3n) is 6.10. The molecule has 0 atom stereocenters. The van der Waals surface area contributed by atoms with Crippen LogP contribution < -0.4 is 4.74 Å². The maximum atomic E-state index is 14.3. The fourth-order valence-corrected chi connectivity index (χ4v) is 4.18. The van der Waals surface area contributed by atoms with Crippen molar-refractivity contribution in [2.45, 2.75) is 26.4 Å². The number of cyclic esters (lactones) is 1. The number of carbonyl (C=O) groups is 2. The Morgan fingerprint density at radius 1 is 1.16 bits per heavy atom. The largest absolute Gasteiger partial charge is 0.496 e. The fourth-order valence-electron chi connectivity index (χ4n) is 4.18. The van der Waals surface area contributed by atoms with Gasteiger partial charge in [-0.25, -0.2) is 9.18 Å². The molecule has 164 valence electrons. The van der Waals surface area contributed by atoms with Crippen LogP contribution in [0.4, 0.5) is 4.39 Å². The number of methoxy groups -OCH3 is 1. The first-order valence-electron chi connectivity index (χ1n) is 10.6. The van der Waals surface area contributed by atoms with E-state index in [2.05, 4.69) is 4.90 Å². The summed E-state index contributed by atoms with van der Waals surface area (Å²) in [6, 6.07) is 8.91. The highest BCUT2D eigenvalue weighted by atomic mass is 19.1. The molecule has 0 saturated carbocycles. The number of halogens is 1. The van der Waals surface area contributed by atoms with Gasteiger partial charge in [0.2, 0.25) is 5.91 Å². The molecule has 1 fully saturated rings. The molecule has 2 aromatic carbocycles. The van der Waals surface area contributed by atoms with Crippen molar-refractivity contribution < 1.29 is 23.5 Å². The summed E-state index contributed by atoms with van der Waals surface area (Å²) in [6.45, 7) is 5.88. The first-order chi connectivity index (χ1) is 14.9. The number of piperazine rings is 1. The van der Waals surface area contributed by atoms with Crippen LogP contribution in [0.1, 0.15) is 32.6 Å². The van der Waals surface area contributed by atoms with Gasteiger partial charge in [-0.2, -0.15) is 0 Å². The number of rotatable bonds is 6. The van der Waals surface area contributed by atoms with Gasteiger partial charge in [0.15, 0.2) is 0 Å². The molecular weight excluding hydrogens is 399 g/mol. The first-order valence-corrected chi connectivity index (χ1v) is 10.6. The zero-order valence-corrected chi connectivity index (χ0v) is 17.9. The maximum Gasteiger partial charge on any atom is 0.338 e. The van der Waals surface area contributed by atoms with E-state index < -0.39 is 0 Å². The van der Waals surface area contributed by atoms with E-state index in [1.807, 2.05) is 18.2 Å². The second-order valence-corrected chi connectivity index (χ2v) is 8.13. The minimum absolute atomic E-state index is 0.0401. The molecule has 2 aliphatic heterocycles. The number of aryl methyl sites for hydroxylation is 1. The van der Waals surface area contributed by atoms with E-state index in [9.17, 15) is 14.0 Å². The van der Waals surface area contributed by atoms with Crippen molar-refractivity contribution in [2.24, 2.45) is 0 Å². The van der Waals surface area contributed by atoms with E-state index in [1.165, 1.54) is 11.6 Å². The van der Waals surface area contributed by atoms with Crippen LogP contribution >= 0.6 is 0 Å². The molecule has 0 spiro atoms. The standard InChI is InChI=1S/C24H27FN2O4/c1-16-11-21(25)18(13-22(16)30-2)14-23(28)27-9-7-26(8-10-27)6-5-17-3-4-20-19(12-17)15-31-24(20)29/h3-4,11-13H,5-10,14-15H2,1-2H3. The van der Waals surface area contributed by atoms with Gasteiger partial charge in [0.1, 0.15) is 18.2 Å². The zero-order valence-electron chi connectivity index (χ0n) is 17.9. The van der Waals surface area contributed by atoms with E-state index in [0.29, 0.717) is 42.1 Å². The van der Waals surface area contributed by atoms with Gasteiger partial charge >= 0.3 is 5.97 Å². The lowest BCUT2D eigenvalue weighted by molar-refractivity contribution is -0.132. The molecule has 2 heterocycles. The third kappa shape index (κ3) is 4.71. The number of esters is 1. The quantitative estimate of drug-likeness (QED) is 0.665. The van der Waals surface area contributed by atoms with E-state index >= 15 is 0 Å². The molecule has 0 N–H and O–H groups in total. The van der Waals surface area contributed by atoms with Gasteiger partial charge in [-0.05, 0) is 42.7 Å². The zero-order chi connectivity index (χ0) is 22.0. The number of ether oxygens (including phenoxy) is 2. The Kier molecular flexibility index (Phi) is 6.23. The number of benzene rings is 2. The van der Waals surface area contributed by atoms with Gasteiger partial charge in [-0.1, -0.05) is 12.1 Å². The lowest BCUT2D eigenvalue weighted by atomic mass is 10.0. The molecular formula is C24H27FN2O4. The van der Waals surface area contributed by atoms with Crippen molar-refractivity contribution in [3.8, 4) is 5.75 Å². The van der Waals surface area contributed by atoms with Crippen LogP contribution in [0.2, 0.25) is 0 Å². The third-order valence-corrected chi connectivity index (χ3v) is 6.10. The van der Waals surface area contributed by atoms with Crippen LogP contribution in [0.25, 0.3) is 0 Å². The molecule has 1 saturated heterocycles. The summed E-state index contributed by atoms with van der Waals surface area (Å²) in [5.74, 6) is -0.0812. The minimum atomic E-state index is -0.369. The van der Waals surface area contributed by atoms with Crippen LogP contribution in [0, 0.1) is 12.7 Å². The van der Waals surface area contributed by atoms with E-state index in [1.54, 1.807) is 25.0 Å². The van der Waals surface area contributed by atoms with Crippen molar-refractivity contribution in [1.29, 1.82) is 0 Å². The number of carbonyl (C=O) groups excluding carboxylic acids is 2. The summed E-state index contributed by atoms with van der Waals surface area (Å²) in [4.78, 5) is 28.4. The summed E-state index contributed by atoms with van der Waals surface area (Å²) < 4.78 is 24.6. The second kappa shape index (κ2) is 9.06. The van der Waals surface area contributed by atoms with Gasteiger partial charge in [-0.15, -0.1) is 0 Å². The highest BCUT2D eigenvalue weighted by molar-refractivity contribution is 5.93. The van der Waals surface area contributed by atoms with Crippen LogP contribution in [0.5, 0.6) is 5.75 Å². The van der Waals surface area contributed by atoms with Gasteiger partial charge in [0.05, 0.1) is 19.1 Å². The Morgan fingerprint density at radius 2 is 1.94 bits per heavy atom. The molecule has 2 aromatic rings. The van der Waals surface area contributed by atoms with Crippen LogP contribution in [-0.2, 0) is 29.0 Å². The first kappa shape index (κ1) is 21.3. The molecule has 4 rings (SSSR count). The van der Waals surface area contributed by atoms with Crippen molar-refractivity contribution in [3.05, 3.63) is 64.0 Å². The van der Waals surface area contributed by atoms with Crippen molar-refractivity contribution >= 4 is 11.9 Å². The topological polar surface area (TPSA) is 59.1 Å². The van der Waals surface area contributed by atoms with Gasteiger partial charge in [-0.3, -0.25) is 9.69 Å². The Morgan fingerprint density at radius 3 is 2.68 bits per heavy atom. The number of nitrogens with zero attached hydrogens (tertiary/aromatic N) is 2. The molecule has 0 aliphatic carbocycles. The number of hydrogen-bond donors (Lipinski definition) is 0.